The Hall–Kier alpha value is -4.15. The van der Waals surface area contributed by atoms with Crippen molar-refractivity contribution in [2.45, 2.75) is 70.7 Å². The summed E-state index contributed by atoms with van der Waals surface area (Å²) in [5.41, 5.74) is 2.82. The van der Waals surface area contributed by atoms with Gasteiger partial charge in [0.1, 0.15) is 22.0 Å². The molecule has 0 radical (unpaired) electrons. The van der Waals surface area contributed by atoms with Crippen molar-refractivity contribution in [2.75, 3.05) is 26.1 Å². The number of anilines is 1. The number of fused-ring (bicyclic) bond motifs is 1. The van der Waals surface area contributed by atoms with Crippen molar-refractivity contribution in [1.82, 2.24) is 9.80 Å². The van der Waals surface area contributed by atoms with Crippen molar-refractivity contribution in [3.8, 4) is 16.9 Å². The van der Waals surface area contributed by atoms with Crippen molar-refractivity contribution in [2.24, 2.45) is 0 Å². The molecule has 8 nitrogen and oxygen atoms in total. The molecule has 1 aliphatic rings. The summed E-state index contributed by atoms with van der Waals surface area (Å²) in [7, 11) is 5.05. The molecule has 254 valence electrons. The van der Waals surface area contributed by atoms with Gasteiger partial charge in [-0.3, -0.25) is 9.59 Å². The fourth-order valence-corrected chi connectivity index (χ4v) is 7.67. The number of amides is 3. The van der Waals surface area contributed by atoms with Crippen molar-refractivity contribution < 1.29 is 28.2 Å². The molecule has 1 aliphatic carbocycles. The molecular formula is C37H41ClFN3O5S. The van der Waals surface area contributed by atoms with Gasteiger partial charge in [0.25, 0.3) is 5.91 Å². The number of benzene rings is 3. The van der Waals surface area contributed by atoms with E-state index in [2.05, 4.69) is 0 Å². The number of carbonyl (C=O) groups excluding carboxylic acids is 3. The number of rotatable bonds is 9. The van der Waals surface area contributed by atoms with Crippen molar-refractivity contribution in [1.29, 1.82) is 0 Å². The van der Waals surface area contributed by atoms with Crippen LogP contribution in [0.1, 0.15) is 61.7 Å². The van der Waals surface area contributed by atoms with Gasteiger partial charge in [-0.15, -0.1) is 11.3 Å². The van der Waals surface area contributed by atoms with Crippen molar-refractivity contribution in [3.63, 3.8) is 0 Å². The third-order valence-corrected chi connectivity index (χ3v) is 10.4. The average Bonchev–Trinajstić information content (AvgIpc) is 3.42. The number of halogens is 2. The van der Waals surface area contributed by atoms with E-state index in [0.717, 1.165) is 28.8 Å². The second-order valence-electron chi connectivity index (χ2n) is 13.1. The lowest BCUT2D eigenvalue weighted by atomic mass is 9.89. The van der Waals surface area contributed by atoms with E-state index >= 15 is 0 Å². The molecule has 1 heterocycles. The van der Waals surface area contributed by atoms with Crippen molar-refractivity contribution >= 4 is 57.1 Å². The monoisotopic (exact) mass is 693 g/mol. The molecule has 0 unspecified atom stereocenters. The zero-order valence-corrected chi connectivity index (χ0v) is 29.7. The highest BCUT2D eigenvalue weighted by atomic mass is 35.5. The van der Waals surface area contributed by atoms with Crippen LogP contribution in [-0.2, 0) is 16.1 Å². The lowest BCUT2D eigenvalue weighted by Crippen LogP contribution is -2.47. The predicted molar refractivity (Wildman–Crippen MR) is 190 cm³/mol. The number of ether oxygens (including phenoxy) is 2. The molecule has 0 N–H and O–H groups in total. The Kier molecular flexibility index (Phi) is 10.7. The van der Waals surface area contributed by atoms with E-state index in [4.69, 9.17) is 21.1 Å². The van der Waals surface area contributed by atoms with Crippen LogP contribution in [0.15, 0.2) is 60.7 Å². The van der Waals surface area contributed by atoms with Gasteiger partial charge in [0.2, 0.25) is 6.41 Å². The zero-order chi connectivity index (χ0) is 34.7. The summed E-state index contributed by atoms with van der Waals surface area (Å²) in [6, 6.07) is 18.0. The molecule has 0 aliphatic heterocycles. The Bertz CT molecular complexity index is 1800. The molecule has 0 spiro atoms. The van der Waals surface area contributed by atoms with Crippen LogP contribution in [0.2, 0.25) is 5.02 Å². The van der Waals surface area contributed by atoms with Gasteiger partial charge in [-0.25, -0.2) is 9.18 Å². The molecule has 0 saturated heterocycles. The predicted octanol–water partition coefficient (Wildman–Crippen LogP) is 8.78. The number of methoxy groups -OCH3 is 1. The smallest absolute Gasteiger partial charge is 0.410 e. The van der Waals surface area contributed by atoms with Gasteiger partial charge >= 0.3 is 6.09 Å². The van der Waals surface area contributed by atoms with E-state index in [-0.39, 0.29) is 45.9 Å². The van der Waals surface area contributed by atoms with E-state index in [1.54, 1.807) is 38.2 Å². The van der Waals surface area contributed by atoms with Crippen LogP contribution in [0.3, 0.4) is 0 Å². The van der Waals surface area contributed by atoms with Gasteiger partial charge in [0, 0.05) is 54.1 Å². The number of hydrogen-bond donors (Lipinski definition) is 0. The summed E-state index contributed by atoms with van der Waals surface area (Å²) < 4.78 is 26.8. The summed E-state index contributed by atoms with van der Waals surface area (Å²) in [5.74, 6) is -0.122. The van der Waals surface area contributed by atoms with Crippen LogP contribution >= 0.6 is 22.9 Å². The molecule has 0 bridgehead atoms. The van der Waals surface area contributed by atoms with Gasteiger partial charge in [0.15, 0.2) is 0 Å². The first kappa shape index (κ1) is 35.2. The fraction of sp³-hybridized carbons (Fsp3) is 0.378. The third kappa shape index (κ3) is 7.60. The first-order chi connectivity index (χ1) is 22.8. The minimum atomic E-state index is -0.601. The molecule has 1 fully saturated rings. The second-order valence-corrected chi connectivity index (χ2v) is 14.6. The first-order valence-electron chi connectivity index (χ1n) is 15.9. The van der Waals surface area contributed by atoms with Crippen LogP contribution in [0.5, 0.6) is 5.75 Å². The SMILES string of the molecule is COc1ccc(-c2ccc(N(C)C=O)cc2)cc1CN(C(=O)c1sc2cccc(F)c2c1Cl)[C@H]1CC[C@H](N(C)C(=O)OC(C)(C)C)CC1. The summed E-state index contributed by atoms with van der Waals surface area (Å²) >= 11 is 7.91. The molecule has 11 heteroatoms. The number of carbonyl (C=O) groups is 3. The van der Waals surface area contributed by atoms with Crippen LogP contribution in [0.4, 0.5) is 14.9 Å². The van der Waals surface area contributed by atoms with E-state index in [0.29, 0.717) is 36.1 Å². The summed E-state index contributed by atoms with van der Waals surface area (Å²) in [6.07, 6.45) is 3.04. The fourth-order valence-electron chi connectivity index (χ4n) is 6.16. The van der Waals surface area contributed by atoms with Gasteiger partial charge in [-0.2, -0.15) is 0 Å². The summed E-state index contributed by atoms with van der Waals surface area (Å²) in [6.45, 7) is 5.75. The standard InChI is InChI=1S/C37H41ClFN3O5S/c1-37(2,3)47-36(45)41(5)27-15-17-28(18-16-27)42(35(44)34-33(38)32-29(39)8-7-9-31(32)48-34)21-25-20-24(12-19-30(25)46-6)23-10-13-26(14-11-23)40(4)22-43/h7-14,19-20,22,27-28H,15-18,21H2,1-6H3/t27-,28-. The molecule has 48 heavy (non-hydrogen) atoms. The van der Waals surface area contributed by atoms with E-state index in [1.807, 2.05) is 68.1 Å². The quantitative estimate of drug-likeness (QED) is 0.164. The molecule has 1 aromatic heterocycles. The topological polar surface area (TPSA) is 79.4 Å². The normalized spacial score (nSPS) is 16.3. The van der Waals surface area contributed by atoms with Crippen LogP contribution in [0, 0.1) is 5.82 Å². The van der Waals surface area contributed by atoms with Gasteiger partial charge in [-0.1, -0.05) is 35.9 Å². The van der Waals surface area contributed by atoms with Crippen molar-refractivity contribution in [3.05, 3.63) is 81.9 Å². The average molecular weight is 694 g/mol. The molecule has 4 aromatic rings. The maximum Gasteiger partial charge on any atom is 0.410 e. The Morgan fingerprint density at radius 1 is 0.979 bits per heavy atom. The summed E-state index contributed by atoms with van der Waals surface area (Å²) in [4.78, 5) is 43.8. The maximum atomic E-state index is 14.8. The molecule has 0 atom stereocenters. The van der Waals surface area contributed by atoms with Gasteiger partial charge < -0.3 is 24.2 Å². The van der Waals surface area contributed by atoms with Gasteiger partial charge in [0.05, 0.1) is 12.1 Å². The molecule has 3 amide bonds. The van der Waals surface area contributed by atoms with E-state index in [1.165, 1.54) is 22.3 Å². The summed E-state index contributed by atoms with van der Waals surface area (Å²) in [5, 5.41) is 0.362. The van der Waals surface area contributed by atoms with E-state index < -0.39 is 11.4 Å². The molecule has 3 aromatic carbocycles. The van der Waals surface area contributed by atoms with Crippen LogP contribution in [0.25, 0.3) is 21.2 Å². The van der Waals surface area contributed by atoms with Crippen LogP contribution in [-0.4, -0.2) is 67.1 Å². The Labute approximate surface area is 290 Å². The minimum absolute atomic E-state index is 0.0332. The van der Waals surface area contributed by atoms with Crippen LogP contribution < -0.4 is 9.64 Å². The zero-order valence-electron chi connectivity index (χ0n) is 28.1. The highest BCUT2D eigenvalue weighted by molar-refractivity contribution is 7.21. The first-order valence-corrected chi connectivity index (χ1v) is 17.1. The lowest BCUT2D eigenvalue weighted by molar-refractivity contribution is -0.107. The minimum Gasteiger partial charge on any atom is -0.496 e. The number of nitrogens with zero attached hydrogens (tertiary/aromatic N) is 3. The number of thiophene rings is 1. The Balaban J connectivity index is 1.47. The molecule has 5 rings (SSSR count). The molecular weight excluding hydrogens is 653 g/mol. The Morgan fingerprint density at radius 2 is 1.62 bits per heavy atom. The van der Waals surface area contributed by atoms with Gasteiger partial charge in [-0.05, 0) is 94.0 Å². The lowest BCUT2D eigenvalue weighted by Gasteiger charge is -2.40. The largest absolute Gasteiger partial charge is 0.496 e. The Morgan fingerprint density at radius 3 is 2.23 bits per heavy atom. The maximum absolute atomic E-state index is 14.8. The highest BCUT2D eigenvalue weighted by Gasteiger charge is 2.35. The third-order valence-electron chi connectivity index (χ3n) is 8.78. The number of hydrogen-bond acceptors (Lipinski definition) is 6. The second kappa shape index (κ2) is 14.5. The highest BCUT2D eigenvalue weighted by Crippen LogP contribution is 2.40. The molecule has 1 saturated carbocycles. The van der Waals surface area contributed by atoms with E-state index in [9.17, 15) is 18.8 Å².